The summed E-state index contributed by atoms with van der Waals surface area (Å²) in [4.78, 5) is 15.3. The number of carbonyl (C=O) groups is 1. The lowest BCUT2D eigenvalue weighted by atomic mass is 10.1. The van der Waals surface area contributed by atoms with E-state index in [4.69, 9.17) is 4.52 Å². The zero-order chi connectivity index (χ0) is 22.0. The Morgan fingerprint density at radius 3 is 2.65 bits per heavy atom. The van der Waals surface area contributed by atoms with Crippen molar-refractivity contribution in [3.8, 4) is 0 Å². The molecule has 3 heterocycles. The molecule has 1 saturated heterocycles. The van der Waals surface area contributed by atoms with Crippen molar-refractivity contribution in [3.05, 3.63) is 69.9 Å². The Morgan fingerprint density at radius 1 is 1.16 bits per heavy atom. The molecule has 4 rings (SSSR count). The summed E-state index contributed by atoms with van der Waals surface area (Å²) in [6.07, 6.45) is 1.09. The van der Waals surface area contributed by atoms with E-state index in [9.17, 15) is 4.79 Å². The number of rotatable bonds is 7. The fraction of sp³-hybridized carbons (Fsp3) is 0.458. The number of nitrogens with one attached hydrogen (secondary N) is 1. The number of hydrogen-bond donors (Lipinski definition) is 1. The minimum absolute atomic E-state index is 0.176. The van der Waals surface area contributed by atoms with Crippen LogP contribution in [-0.2, 0) is 13.1 Å². The van der Waals surface area contributed by atoms with Crippen LogP contribution in [0.15, 0.2) is 34.9 Å². The molecule has 1 aromatic carbocycles. The molecule has 3 aromatic rings. The van der Waals surface area contributed by atoms with E-state index in [0.717, 1.165) is 43.0 Å². The number of nitrogens with zero attached hydrogens (tertiary/aromatic N) is 4. The average molecular weight is 422 g/mol. The molecule has 1 N–H and O–H groups in total. The summed E-state index contributed by atoms with van der Waals surface area (Å²) in [5.74, 6) is 0.926. The van der Waals surface area contributed by atoms with E-state index in [1.165, 1.54) is 11.1 Å². The van der Waals surface area contributed by atoms with Crippen molar-refractivity contribution in [1.82, 2.24) is 25.2 Å². The summed E-state index contributed by atoms with van der Waals surface area (Å²) >= 11 is 0. The first-order valence-corrected chi connectivity index (χ1v) is 10.9. The van der Waals surface area contributed by atoms with Crippen LogP contribution in [0.2, 0.25) is 0 Å². The third-order valence-corrected chi connectivity index (χ3v) is 6.06. The third-order valence-electron chi connectivity index (χ3n) is 6.06. The van der Waals surface area contributed by atoms with Gasteiger partial charge in [0.25, 0.3) is 5.91 Å². The minimum atomic E-state index is -0.176. The third kappa shape index (κ3) is 5.05. The van der Waals surface area contributed by atoms with Crippen molar-refractivity contribution in [3.63, 3.8) is 0 Å². The van der Waals surface area contributed by atoms with Crippen LogP contribution in [0.25, 0.3) is 0 Å². The Labute approximate surface area is 183 Å². The zero-order valence-corrected chi connectivity index (χ0v) is 18.8. The number of aryl methyl sites for hydroxylation is 4. The maximum Gasteiger partial charge on any atom is 0.273 e. The predicted molar refractivity (Wildman–Crippen MR) is 119 cm³/mol. The summed E-state index contributed by atoms with van der Waals surface area (Å²) in [6.45, 7) is 12.0. The second kappa shape index (κ2) is 9.06. The van der Waals surface area contributed by atoms with Crippen LogP contribution in [-0.4, -0.2) is 45.4 Å². The fourth-order valence-electron chi connectivity index (χ4n) is 4.24. The van der Waals surface area contributed by atoms with Crippen molar-refractivity contribution < 1.29 is 9.32 Å². The molecule has 1 amide bonds. The van der Waals surface area contributed by atoms with Gasteiger partial charge in [0.2, 0.25) is 0 Å². The molecule has 164 valence electrons. The number of carbonyl (C=O) groups excluding carboxylic acids is 1. The van der Waals surface area contributed by atoms with Gasteiger partial charge in [-0.15, -0.1) is 0 Å². The van der Waals surface area contributed by atoms with Crippen LogP contribution in [0, 0.1) is 33.6 Å². The first-order valence-electron chi connectivity index (χ1n) is 10.9. The Bertz CT molecular complexity index is 1050. The van der Waals surface area contributed by atoms with Crippen molar-refractivity contribution in [2.75, 3.05) is 19.6 Å². The first-order chi connectivity index (χ1) is 14.9. The Morgan fingerprint density at radius 2 is 1.94 bits per heavy atom. The minimum Gasteiger partial charge on any atom is -0.361 e. The largest absolute Gasteiger partial charge is 0.361 e. The lowest BCUT2D eigenvalue weighted by Gasteiger charge is -2.16. The molecule has 0 unspecified atom stereocenters. The molecule has 0 saturated carbocycles. The highest BCUT2D eigenvalue weighted by Crippen LogP contribution is 2.20. The molecule has 1 atom stereocenters. The quantitative estimate of drug-likeness (QED) is 0.633. The van der Waals surface area contributed by atoms with Crippen LogP contribution < -0.4 is 5.32 Å². The van der Waals surface area contributed by atoms with Crippen LogP contribution >= 0.6 is 0 Å². The van der Waals surface area contributed by atoms with Gasteiger partial charge in [0, 0.05) is 30.9 Å². The Kier molecular flexibility index (Phi) is 6.23. The molecule has 0 radical (unpaired) electrons. The predicted octanol–water partition coefficient (Wildman–Crippen LogP) is 3.40. The zero-order valence-electron chi connectivity index (χ0n) is 18.8. The highest BCUT2D eigenvalue weighted by Gasteiger charge is 2.25. The standard InChI is InChI=1S/C24H31N5O2/c1-16-5-7-20(8-6-16)13-28-10-9-21(14-28)12-25-24(30)23-22(19(4)31-27-23)15-29-18(3)11-17(2)26-29/h5-8,11,21H,9-10,12-15H2,1-4H3,(H,25,30)/t21-/m1/s1. The Balaban J connectivity index is 1.32. The van der Waals surface area contributed by atoms with Gasteiger partial charge in [-0.25, -0.2) is 0 Å². The van der Waals surface area contributed by atoms with E-state index in [2.05, 4.69) is 51.7 Å². The summed E-state index contributed by atoms with van der Waals surface area (Å²) in [5, 5.41) is 11.6. The van der Waals surface area contributed by atoms with Gasteiger partial charge in [0.1, 0.15) is 5.76 Å². The highest BCUT2D eigenvalue weighted by molar-refractivity contribution is 5.93. The van der Waals surface area contributed by atoms with Crippen LogP contribution in [0.3, 0.4) is 0 Å². The van der Waals surface area contributed by atoms with Crippen LogP contribution in [0.5, 0.6) is 0 Å². The molecule has 31 heavy (non-hydrogen) atoms. The molecule has 0 spiro atoms. The molecule has 0 bridgehead atoms. The van der Waals surface area contributed by atoms with Gasteiger partial charge in [0.15, 0.2) is 5.69 Å². The van der Waals surface area contributed by atoms with Crippen molar-refractivity contribution in [2.24, 2.45) is 5.92 Å². The summed E-state index contributed by atoms with van der Waals surface area (Å²) in [5.41, 5.74) is 5.77. The van der Waals surface area contributed by atoms with E-state index in [0.29, 0.717) is 30.5 Å². The number of amides is 1. The second-order valence-corrected chi connectivity index (χ2v) is 8.74. The first kappa shape index (κ1) is 21.3. The smallest absolute Gasteiger partial charge is 0.273 e. The molecular formula is C24H31N5O2. The average Bonchev–Trinajstić information content (AvgIpc) is 3.42. The highest BCUT2D eigenvalue weighted by atomic mass is 16.5. The topological polar surface area (TPSA) is 76.2 Å². The van der Waals surface area contributed by atoms with Gasteiger partial charge in [0.05, 0.1) is 12.2 Å². The maximum atomic E-state index is 12.8. The van der Waals surface area contributed by atoms with E-state index in [1.54, 1.807) is 0 Å². The molecule has 1 aliphatic heterocycles. The lowest BCUT2D eigenvalue weighted by molar-refractivity contribution is 0.0937. The molecule has 1 fully saturated rings. The summed E-state index contributed by atoms with van der Waals surface area (Å²) < 4.78 is 7.22. The monoisotopic (exact) mass is 421 g/mol. The van der Waals surface area contributed by atoms with Gasteiger partial charge in [-0.05, 0) is 58.2 Å². The van der Waals surface area contributed by atoms with E-state index in [-0.39, 0.29) is 5.91 Å². The number of hydrogen-bond acceptors (Lipinski definition) is 5. The molecule has 1 aliphatic rings. The van der Waals surface area contributed by atoms with E-state index >= 15 is 0 Å². The normalized spacial score (nSPS) is 16.7. The molecular weight excluding hydrogens is 390 g/mol. The Hall–Kier alpha value is -2.93. The van der Waals surface area contributed by atoms with Gasteiger partial charge in [-0.2, -0.15) is 5.10 Å². The summed E-state index contributed by atoms with van der Waals surface area (Å²) in [6, 6.07) is 10.7. The molecule has 2 aromatic heterocycles. The van der Waals surface area contributed by atoms with E-state index < -0.39 is 0 Å². The van der Waals surface area contributed by atoms with Gasteiger partial charge in [-0.3, -0.25) is 14.4 Å². The van der Waals surface area contributed by atoms with Gasteiger partial charge >= 0.3 is 0 Å². The second-order valence-electron chi connectivity index (χ2n) is 8.74. The number of aromatic nitrogens is 3. The lowest BCUT2D eigenvalue weighted by Crippen LogP contribution is -2.32. The van der Waals surface area contributed by atoms with Crippen LogP contribution in [0.1, 0.15) is 50.7 Å². The van der Waals surface area contributed by atoms with Gasteiger partial charge in [-0.1, -0.05) is 35.0 Å². The van der Waals surface area contributed by atoms with Crippen molar-refractivity contribution in [2.45, 2.75) is 47.2 Å². The summed E-state index contributed by atoms with van der Waals surface area (Å²) in [7, 11) is 0. The SMILES string of the molecule is Cc1ccc(CN2CC[C@H](CNC(=O)c3noc(C)c3Cn3nc(C)cc3C)C2)cc1. The fourth-order valence-corrected chi connectivity index (χ4v) is 4.24. The number of benzene rings is 1. The molecule has 7 nitrogen and oxygen atoms in total. The maximum absolute atomic E-state index is 12.8. The number of likely N-dealkylation sites (tertiary alicyclic amines) is 1. The van der Waals surface area contributed by atoms with Crippen LogP contribution in [0.4, 0.5) is 0 Å². The molecule has 7 heteroatoms. The molecule has 0 aliphatic carbocycles. The van der Waals surface area contributed by atoms with Crippen molar-refractivity contribution >= 4 is 5.91 Å². The van der Waals surface area contributed by atoms with Crippen molar-refractivity contribution in [1.29, 1.82) is 0 Å². The van der Waals surface area contributed by atoms with Gasteiger partial charge < -0.3 is 9.84 Å². The van der Waals surface area contributed by atoms with E-state index in [1.807, 2.05) is 31.5 Å².